The fourth-order valence-electron chi connectivity index (χ4n) is 4.81. The Bertz CT molecular complexity index is 920. The van der Waals surface area contributed by atoms with E-state index in [-0.39, 0.29) is 28.8 Å². The standard InChI is InChI=1S/C22H29N5O2S2/c1-14-9-15(2)11-16(10-14)24-21(30)26-6-3-22(4-7-26)5-8-27(13-22)18(28)12-17-19(29)25-20(23)31-17/h9-11,17H,3-8,12-13H2,1-2H3,(H,24,30)(H2,23,25,29). The monoisotopic (exact) mass is 459 g/mol. The lowest BCUT2D eigenvalue weighted by Crippen LogP contribution is -2.46. The maximum Gasteiger partial charge on any atom is 0.262 e. The minimum absolute atomic E-state index is 0.0297. The first-order valence-electron chi connectivity index (χ1n) is 10.7. The second kappa shape index (κ2) is 8.78. The summed E-state index contributed by atoms with van der Waals surface area (Å²) in [6.45, 7) is 7.47. The molecule has 3 aliphatic heterocycles. The van der Waals surface area contributed by atoms with E-state index in [0.717, 1.165) is 56.2 Å². The Labute approximate surface area is 192 Å². The van der Waals surface area contributed by atoms with E-state index >= 15 is 0 Å². The molecule has 7 nitrogen and oxygen atoms in total. The highest BCUT2D eigenvalue weighted by molar-refractivity contribution is 8.15. The van der Waals surface area contributed by atoms with Crippen LogP contribution in [0.2, 0.25) is 0 Å². The number of hydrogen-bond donors (Lipinski definition) is 2. The summed E-state index contributed by atoms with van der Waals surface area (Å²) in [5.74, 6) is -0.259. The molecule has 2 saturated heterocycles. The molecule has 9 heteroatoms. The third-order valence-electron chi connectivity index (χ3n) is 6.49. The smallest absolute Gasteiger partial charge is 0.262 e. The minimum atomic E-state index is -0.459. The van der Waals surface area contributed by atoms with Crippen LogP contribution in [0.5, 0.6) is 0 Å². The Morgan fingerprint density at radius 2 is 1.81 bits per heavy atom. The summed E-state index contributed by atoms with van der Waals surface area (Å²) in [7, 11) is 0. The molecule has 3 aliphatic rings. The van der Waals surface area contributed by atoms with Gasteiger partial charge in [0.2, 0.25) is 5.91 Å². The van der Waals surface area contributed by atoms with Gasteiger partial charge < -0.3 is 20.9 Å². The highest BCUT2D eigenvalue weighted by Crippen LogP contribution is 2.41. The van der Waals surface area contributed by atoms with E-state index in [0.29, 0.717) is 0 Å². The number of anilines is 1. The fraction of sp³-hybridized carbons (Fsp3) is 0.545. The van der Waals surface area contributed by atoms with Crippen molar-refractivity contribution < 1.29 is 9.59 Å². The number of likely N-dealkylation sites (tertiary alicyclic amines) is 2. The fourth-order valence-corrected chi connectivity index (χ4v) is 5.92. The van der Waals surface area contributed by atoms with Gasteiger partial charge in [0.15, 0.2) is 10.3 Å². The van der Waals surface area contributed by atoms with Crippen LogP contribution >= 0.6 is 24.0 Å². The Morgan fingerprint density at radius 1 is 1.19 bits per heavy atom. The van der Waals surface area contributed by atoms with Crippen molar-refractivity contribution >= 4 is 51.8 Å². The number of aliphatic imine (C=N–C) groups is 1. The van der Waals surface area contributed by atoms with Crippen molar-refractivity contribution in [1.82, 2.24) is 9.80 Å². The largest absolute Gasteiger partial charge is 0.378 e. The number of nitrogens with two attached hydrogens (primary N) is 1. The number of amides is 2. The van der Waals surface area contributed by atoms with Crippen LogP contribution in [0.3, 0.4) is 0 Å². The molecular formula is C22H29N5O2S2. The van der Waals surface area contributed by atoms with Crippen LogP contribution in [0.1, 0.15) is 36.8 Å². The number of nitrogens with one attached hydrogen (secondary N) is 1. The molecule has 0 aromatic heterocycles. The van der Waals surface area contributed by atoms with Crippen molar-refractivity contribution in [2.45, 2.75) is 44.8 Å². The van der Waals surface area contributed by atoms with Gasteiger partial charge in [-0.2, -0.15) is 4.99 Å². The number of thiocarbonyl (C=S) groups is 1. The Kier molecular flexibility index (Phi) is 6.25. The molecule has 1 aromatic carbocycles. The average Bonchev–Trinajstić information content (AvgIpc) is 3.24. The van der Waals surface area contributed by atoms with Crippen LogP contribution < -0.4 is 11.1 Å². The van der Waals surface area contributed by atoms with E-state index in [1.165, 1.54) is 22.9 Å². The maximum atomic E-state index is 12.7. The zero-order chi connectivity index (χ0) is 22.2. The molecule has 2 amide bonds. The summed E-state index contributed by atoms with van der Waals surface area (Å²) in [6.07, 6.45) is 3.21. The number of thioether (sulfide) groups is 1. The van der Waals surface area contributed by atoms with Gasteiger partial charge in [-0.25, -0.2) is 0 Å². The summed E-state index contributed by atoms with van der Waals surface area (Å²) in [6, 6.07) is 6.36. The second-order valence-electron chi connectivity index (χ2n) is 8.96. The summed E-state index contributed by atoms with van der Waals surface area (Å²) >= 11 is 6.86. The van der Waals surface area contributed by atoms with E-state index < -0.39 is 5.25 Å². The van der Waals surface area contributed by atoms with Crippen LogP contribution in [0.4, 0.5) is 5.69 Å². The number of carbonyl (C=O) groups excluding carboxylic acids is 2. The van der Waals surface area contributed by atoms with Crippen LogP contribution in [0, 0.1) is 19.3 Å². The van der Waals surface area contributed by atoms with Crippen molar-refractivity contribution in [3.8, 4) is 0 Å². The number of benzene rings is 1. The molecule has 31 heavy (non-hydrogen) atoms. The molecule has 166 valence electrons. The van der Waals surface area contributed by atoms with Gasteiger partial charge in [-0.3, -0.25) is 9.59 Å². The third kappa shape index (κ3) is 5.03. The summed E-state index contributed by atoms with van der Waals surface area (Å²) in [5, 5.41) is 3.95. The molecule has 1 spiro atoms. The molecule has 1 unspecified atom stereocenters. The van der Waals surface area contributed by atoms with E-state index in [2.05, 4.69) is 47.3 Å². The summed E-state index contributed by atoms with van der Waals surface area (Å²) < 4.78 is 0. The number of aryl methyl sites for hydroxylation is 2. The summed E-state index contributed by atoms with van der Waals surface area (Å²) in [4.78, 5) is 32.4. The molecule has 3 heterocycles. The average molecular weight is 460 g/mol. The maximum absolute atomic E-state index is 12.7. The molecule has 3 N–H and O–H groups in total. The Balaban J connectivity index is 1.28. The topological polar surface area (TPSA) is 91.0 Å². The van der Waals surface area contributed by atoms with E-state index in [4.69, 9.17) is 18.0 Å². The van der Waals surface area contributed by atoms with Gasteiger partial charge in [-0.05, 0) is 74.0 Å². The predicted octanol–water partition coefficient (Wildman–Crippen LogP) is 2.66. The lowest BCUT2D eigenvalue weighted by atomic mass is 9.78. The second-order valence-corrected chi connectivity index (χ2v) is 10.6. The molecule has 1 aromatic rings. The SMILES string of the molecule is Cc1cc(C)cc(NC(=S)N2CCC3(CCN(C(=O)CC4SC(N)=NC4=O)C3)CC2)c1. The molecule has 0 aliphatic carbocycles. The van der Waals surface area contributed by atoms with Crippen LogP contribution in [0.15, 0.2) is 23.2 Å². The van der Waals surface area contributed by atoms with E-state index in [9.17, 15) is 9.59 Å². The zero-order valence-electron chi connectivity index (χ0n) is 18.0. The number of amidine groups is 1. The molecule has 4 rings (SSSR count). The van der Waals surface area contributed by atoms with Gasteiger partial charge in [0.25, 0.3) is 5.91 Å². The molecule has 1 atom stereocenters. The highest BCUT2D eigenvalue weighted by Gasteiger charge is 2.43. The van der Waals surface area contributed by atoms with Gasteiger partial charge in [0.1, 0.15) is 5.25 Å². The van der Waals surface area contributed by atoms with Crippen molar-refractivity contribution in [2.24, 2.45) is 16.1 Å². The molecule has 0 radical (unpaired) electrons. The lowest BCUT2D eigenvalue weighted by Gasteiger charge is -2.40. The van der Waals surface area contributed by atoms with Crippen molar-refractivity contribution in [2.75, 3.05) is 31.5 Å². The van der Waals surface area contributed by atoms with Crippen molar-refractivity contribution in [1.29, 1.82) is 0 Å². The molecule has 2 fully saturated rings. The number of nitrogens with zero attached hydrogens (tertiary/aromatic N) is 3. The Morgan fingerprint density at radius 3 is 2.39 bits per heavy atom. The van der Waals surface area contributed by atoms with Crippen LogP contribution in [-0.4, -0.2) is 63.3 Å². The zero-order valence-corrected chi connectivity index (χ0v) is 19.7. The number of carbonyl (C=O) groups is 2. The highest BCUT2D eigenvalue weighted by atomic mass is 32.2. The summed E-state index contributed by atoms with van der Waals surface area (Å²) in [5.41, 5.74) is 9.22. The van der Waals surface area contributed by atoms with Gasteiger partial charge >= 0.3 is 0 Å². The van der Waals surface area contributed by atoms with E-state index in [1.807, 2.05) is 4.90 Å². The van der Waals surface area contributed by atoms with Crippen LogP contribution in [-0.2, 0) is 9.59 Å². The molecule has 0 saturated carbocycles. The lowest BCUT2D eigenvalue weighted by molar-refractivity contribution is -0.132. The van der Waals surface area contributed by atoms with Crippen molar-refractivity contribution in [3.63, 3.8) is 0 Å². The number of rotatable bonds is 3. The number of piperidine rings is 1. The first-order chi connectivity index (χ1) is 14.7. The first kappa shape index (κ1) is 22.1. The van der Waals surface area contributed by atoms with Crippen molar-refractivity contribution in [3.05, 3.63) is 29.3 Å². The first-order valence-corrected chi connectivity index (χ1v) is 12.0. The predicted molar refractivity (Wildman–Crippen MR) is 129 cm³/mol. The molecule has 0 bridgehead atoms. The minimum Gasteiger partial charge on any atom is -0.378 e. The van der Waals surface area contributed by atoms with Gasteiger partial charge in [-0.15, -0.1) is 0 Å². The van der Waals surface area contributed by atoms with E-state index in [1.54, 1.807) is 0 Å². The number of hydrogen-bond acceptors (Lipinski definition) is 5. The Hall–Kier alpha value is -2.13. The van der Waals surface area contributed by atoms with Gasteiger partial charge in [-0.1, -0.05) is 17.8 Å². The molecular weight excluding hydrogens is 430 g/mol. The van der Waals surface area contributed by atoms with Gasteiger partial charge in [0.05, 0.1) is 0 Å². The third-order valence-corrected chi connectivity index (χ3v) is 7.84. The normalized spacial score (nSPS) is 22.7. The quantitative estimate of drug-likeness (QED) is 0.672. The van der Waals surface area contributed by atoms with Crippen LogP contribution in [0.25, 0.3) is 0 Å². The van der Waals surface area contributed by atoms with Gasteiger partial charge in [0, 0.05) is 38.3 Å².